The van der Waals surface area contributed by atoms with Crippen molar-refractivity contribution < 1.29 is 19.0 Å². The van der Waals surface area contributed by atoms with E-state index in [2.05, 4.69) is 43.9 Å². The van der Waals surface area contributed by atoms with Crippen molar-refractivity contribution in [3.8, 4) is 6.07 Å². The molecule has 0 bridgehead atoms. The van der Waals surface area contributed by atoms with Crippen molar-refractivity contribution in [2.45, 2.75) is 82.1 Å². The number of rotatable bonds is 10. The highest BCUT2D eigenvalue weighted by Crippen LogP contribution is 2.49. The van der Waals surface area contributed by atoms with Gasteiger partial charge < -0.3 is 15.2 Å². The maximum atomic E-state index is 15.0. The van der Waals surface area contributed by atoms with Crippen LogP contribution in [-0.2, 0) is 21.4 Å². The Labute approximate surface area is 248 Å². The largest absolute Gasteiger partial charge is 0.512 e. The van der Waals surface area contributed by atoms with Crippen molar-refractivity contribution in [2.75, 3.05) is 9.74 Å². The Morgan fingerprint density at radius 3 is 2.62 bits per heavy atom. The van der Waals surface area contributed by atoms with E-state index in [-0.39, 0.29) is 35.9 Å². The quantitative estimate of drug-likeness (QED) is 0.162. The molecule has 1 aromatic carbocycles. The number of nitrogens with zero attached hydrogens (tertiary/aromatic N) is 3. The molecule has 0 radical (unpaired) electrons. The van der Waals surface area contributed by atoms with Crippen molar-refractivity contribution in [1.82, 2.24) is 9.97 Å². The van der Waals surface area contributed by atoms with Crippen molar-refractivity contribution in [3.63, 3.8) is 0 Å². The number of alkyl halides is 1. The molecular formula is C31H34FIN4O3. The Hall–Kier alpha value is -3.00. The highest BCUT2D eigenvalue weighted by Gasteiger charge is 2.49. The monoisotopic (exact) mass is 656 g/mol. The lowest BCUT2D eigenvalue weighted by atomic mass is 9.76. The zero-order valence-electron chi connectivity index (χ0n) is 22.7. The molecule has 0 spiro atoms. The number of hydrogen-bond acceptors (Lipinski definition) is 7. The van der Waals surface area contributed by atoms with Gasteiger partial charge in [0.05, 0.1) is 17.1 Å². The first-order valence-electron chi connectivity index (χ1n) is 13.9. The molecule has 9 heteroatoms. The number of aromatic nitrogens is 2. The van der Waals surface area contributed by atoms with Gasteiger partial charge in [-0.05, 0) is 68.6 Å². The van der Waals surface area contributed by atoms with Crippen molar-refractivity contribution in [1.29, 1.82) is 5.26 Å². The highest BCUT2D eigenvalue weighted by molar-refractivity contribution is 14.1. The maximum absolute atomic E-state index is 15.0. The summed E-state index contributed by atoms with van der Waals surface area (Å²) in [4.78, 5) is 22.0. The summed E-state index contributed by atoms with van der Waals surface area (Å²) in [5, 5.41) is 23.9. The first-order chi connectivity index (χ1) is 19.3. The lowest BCUT2D eigenvalue weighted by molar-refractivity contribution is -0.167. The molecule has 1 aliphatic heterocycles. The summed E-state index contributed by atoms with van der Waals surface area (Å²) in [5.41, 5.74) is 1.66. The summed E-state index contributed by atoms with van der Waals surface area (Å²) in [6, 6.07) is 7.39. The van der Waals surface area contributed by atoms with Gasteiger partial charge in [-0.2, -0.15) is 5.26 Å². The molecule has 0 saturated heterocycles. The molecule has 2 saturated carbocycles. The number of aliphatic hydroxyl groups is 1. The molecule has 1 unspecified atom stereocenters. The molecule has 1 atom stereocenters. The number of carbonyl (C=O) groups is 1. The lowest BCUT2D eigenvalue weighted by Gasteiger charge is -2.42. The Balaban J connectivity index is 1.34. The number of halogens is 2. The highest BCUT2D eigenvalue weighted by atomic mass is 127. The van der Waals surface area contributed by atoms with Crippen LogP contribution in [0.15, 0.2) is 53.7 Å². The van der Waals surface area contributed by atoms with Gasteiger partial charge in [-0.25, -0.2) is 19.2 Å². The minimum Gasteiger partial charge on any atom is -0.512 e. The van der Waals surface area contributed by atoms with E-state index in [4.69, 9.17) is 4.74 Å². The molecule has 3 aliphatic rings. The van der Waals surface area contributed by atoms with E-state index in [9.17, 15) is 19.6 Å². The number of aryl methyl sites for hydroxylation is 2. The third-order valence-electron chi connectivity index (χ3n) is 8.55. The summed E-state index contributed by atoms with van der Waals surface area (Å²) < 4.78 is 21.9. The predicted octanol–water partition coefficient (Wildman–Crippen LogP) is 6.92. The van der Waals surface area contributed by atoms with Gasteiger partial charge in [0.2, 0.25) is 5.95 Å². The Bertz CT molecular complexity index is 1370. The van der Waals surface area contributed by atoms with Gasteiger partial charge >= 0.3 is 5.97 Å². The van der Waals surface area contributed by atoms with Crippen LogP contribution in [0, 0.1) is 30.0 Å². The first kappa shape index (κ1) is 28.5. The van der Waals surface area contributed by atoms with Gasteiger partial charge in [0, 0.05) is 40.9 Å². The number of ether oxygens (including phenoxy) is 1. The molecule has 5 rings (SSSR count). The first-order valence-corrected chi connectivity index (χ1v) is 15.5. The Morgan fingerprint density at radius 1 is 1.30 bits per heavy atom. The zero-order chi connectivity index (χ0) is 28.3. The summed E-state index contributed by atoms with van der Waals surface area (Å²) in [5.74, 6) is -0.238. The van der Waals surface area contributed by atoms with E-state index in [1.807, 2.05) is 19.1 Å². The molecule has 2 aromatic rings. The number of benzene rings is 1. The molecule has 40 heavy (non-hydrogen) atoms. The SMILES string of the molecule is Cc1cnc(N/C(=C/CI)CC2=C(O)CC(CCc3ccc(C4(C#N)CC4)c(F)c3)(C3CCCC3)OC2=O)nc1. The number of nitrogens with one attached hydrogen (secondary N) is 1. The Kier molecular flexibility index (Phi) is 8.45. The third kappa shape index (κ3) is 6.02. The number of allylic oxidation sites excluding steroid dienone is 2. The summed E-state index contributed by atoms with van der Waals surface area (Å²) in [6.45, 7) is 1.91. The molecule has 2 heterocycles. The minimum atomic E-state index is -0.832. The number of aliphatic hydroxyl groups excluding tert-OH is 1. The number of anilines is 1. The fraction of sp³-hybridized carbons (Fsp3) is 0.484. The number of hydrogen-bond donors (Lipinski definition) is 2. The number of cyclic esters (lactones) is 1. The van der Waals surface area contributed by atoms with Crippen LogP contribution in [0.1, 0.15) is 74.5 Å². The van der Waals surface area contributed by atoms with E-state index < -0.39 is 17.0 Å². The third-order valence-corrected chi connectivity index (χ3v) is 8.99. The fourth-order valence-electron chi connectivity index (χ4n) is 6.06. The number of carbonyl (C=O) groups excluding carboxylic acids is 1. The molecule has 7 nitrogen and oxygen atoms in total. The topological polar surface area (TPSA) is 108 Å². The minimum absolute atomic E-state index is 0.0559. The van der Waals surface area contributed by atoms with Gasteiger partial charge in [0.1, 0.15) is 17.2 Å². The smallest absolute Gasteiger partial charge is 0.338 e. The van der Waals surface area contributed by atoms with E-state index >= 15 is 0 Å². The Morgan fingerprint density at radius 2 is 2.02 bits per heavy atom. The molecule has 0 amide bonds. The van der Waals surface area contributed by atoms with Gasteiger partial charge in [-0.1, -0.05) is 53.6 Å². The van der Waals surface area contributed by atoms with Crippen LogP contribution < -0.4 is 5.32 Å². The van der Waals surface area contributed by atoms with E-state index in [0.29, 0.717) is 47.3 Å². The van der Waals surface area contributed by atoms with Crippen molar-refractivity contribution in [2.24, 2.45) is 5.92 Å². The average molecular weight is 657 g/mol. The second-order valence-corrected chi connectivity index (χ2v) is 12.2. The van der Waals surface area contributed by atoms with Crippen LogP contribution in [0.25, 0.3) is 0 Å². The van der Waals surface area contributed by atoms with Crippen molar-refractivity contribution >= 4 is 34.5 Å². The average Bonchev–Trinajstić information content (AvgIpc) is 3.52. The normalized spacial score (nSPS) is 22.6. The second-order valence-electron chi connectivity index (χ2n) is 11.3. The molecule has 2 aliphatic carbocycles. The van der Waals surface area contributed by atoms with Gasteiger partial charge in [0.15, 0.2) is 0 Å². The summed E-state index contributed by atoms with van der Waals surface area (Å²) in [7, 11) is 0. The molecule has 210 valence electrons. The van der Waals surface area contributed by atoms with Crippen LogP contribution in [0.5, 0.6) is 0 Å². The van der Waals surface area contributed by atoms with Crippen LogP contribution in [0.3, 0.4) is 0 Å². The number of nitriles is 1. The maximum Gasteiger partial charge on any atom is 0.338 e. The van der Waals surface area contributed by atoms with Crippen LogP contribution in [0.2, 0.25) is 0 Å². The second kappa shape index (κ2) is 11.9. The lowest BCUT2D eigenvalue weighted by Crippen LogP contribution is -2.46. The van der Waals surface area contributed by atoms with E-state index in [1.54, 1.807) is 18.5 Å². The van der Waals surface area contributed by atoms with E-state index in [1.165, 1.54) is 6.07 Å². The van der Waals surface area contributed by atoms with Gasteiger partial charge in [-0.3, -0.25) is 0 Å². The van der Waals surface area contributed by atoms with Gasteiger partial charge in [-0.15, -0.1) is 0 Å². The van der Waals surface area contributed by atoms with Gasteiger partial charge in [0.25, 0.3) is 0 Å². The van der Waals surface area contributed by atoms with Crippen LogP contribution >= 0.6 is 22.6 Å². The van der Waals surface area contributed by atoms with E-state index in [0.717, 1.165) is 36.8 Å². The van der Waals surface area contributed by atoms with Crippen LogP contribution in [-0.4, -0.2) is 31.1 Å². The molecule has 2 N–H and O–H groups in total. The van der Waals surface area contributed by atoms with Crippen molar-refractivity contribution in [3.05, 3.63) is 76.2 Å². The molecule has 1 aromatic heterocycles. The fourth-order valence-corrected chi connectivity index (χ4v) is 6.60. The van der Waals surface area contributed by atoms with Crippen LogP contribution in [0.4, 0.5) is 10.3 Å². The molecule has 2 fully saturated rings. The zero-order valence-corrected chi connectivity index (χ0v) is 24.8. The summed E-state index contributed by atoms with van der Waals surface area (Å²) >= 11 is 2.22. The predicted molar refractivity (Wildman–Crippen MR) is 158 cm³/mol. The standard InChI is InChI=1S/C31H34FIN4O3/c1-20-17-35-29(36-18-20)37-23(9-13-33)15-24-27(38)16-31(40-28(24)39,22-4-2-3-5-22)10-8-21-6-7-25(26(32)14-21)30(19-34)11-12-30/h6-7,9,14,17-18,22,38H,2-5,8,10-13,15-16H2,1H3,(H,35,36,37)/b23-9+. The summed E-state index contributed by atoms with van der Waals surface area (Å²) in [6.07, 6.45) is 12.2. The molecular weight excluding hydrogens is 622 g/mol. The number of esters is 1.